The molecule has 1 aliphatic heterocycles. The Kier molecular flexibility index (Phi) is 12.0. The first-order chi connectivity index (χ1) is 18.0. The molecule has 1 aliphatic carbocycles. The lowest BCUT2D eigenvalue weighted by Crippen LogP contribution is -2.17. The smallest absolute Gasteiger partial charge is 0.293 e. The highest BCUT2D eigenvalue weighted by atomic mass is 32.1. The Morgan fingerprint density at radius 2 is 1.87 bits per heavy atom. The molecule has 1 atom stereocenters. The first-order valence-electron chi connectivity index (χ1n) is 12.2. The summed E-state index contributed by atoms with van der Waals surface area (Å²) in [5, 5.41) is 9.45. The van der Waals surface area contributed by atoms with Crippen molar-refractivity contribution in [1.82, 2.24) is 25.2 Å². The number of amides is 1. The number of nitrogens with zero attached hydrogens (tertiary/aromatic N) is 4. The summed E-state index contributed by atoms with van der Waals surface area (Å²) in [6.07, 6.45) is 6.16. The Hall–Kier alpha value is -3.15. The van der Waals surface area contributed by atoms with Crippen LogP contribution in [0, 0.1) is 20.8 Å². The maximum atomic E-state index is 9.60. The summed E-state index contributed by atoms with van der Waals surface area (Å²) in [5.41, 5.74) is 4.51. The van der Waals surface area contributed by atoms with E-state index in [0.717, 1.165) is 43.8 Å². The van der Waals surface area contributed by atoms with Crippen molar-refractivity contribution in [2.75, 3.05) is 26.0 Å². The number of ether oxygens (including phenoxy) is 1. The van der Waals surface area contributed by atoms with Gasteiger partial charge < -0.3 is 15.4 Å². The molecule has 1 saturated carbocycles. The third-order valence-corrected chi connectivity index (χ3v) is 7.03. The molecule has 1 amide bonds. The van der Waals surface area contributed by atoms with Crippen LogP contribution < -0.4 is 10.6 Å². The molecule has 3 aromatic rings. The fourth-order valence-electron chi connectivity index (χ4n) is 3.21. The van der Waals surface area contributed by atoms with Crippen molar-refractivity contribution in [2.45, 2.75) is 59.6 Å². The summed E-state index contributed by atoms with van der Waals surface area (Å²) < 4.78 is 4.55. The second-order valence-electron chi connectivity index (χ2n) is 9.70. The van der Waals surface area contributed by atoms with Crippen LogP contribution in [0.25, 0.3) is 10.6 Å². The molecular formula is C27H38N6O3S2. The predicted octanol–water partition coefficient (Wildman–Crippen LogP) is 5.28. The average molecular weight is 559 g/mol. The van der Waals surface area contributed by atoms with Gasteiger partial charge in [-0.2, -0.15) is 0 Å². The van der Waals surface area contributed by atoms with Gasteiger partial charge in [-0.05, 0) is 66.6 Å². The minimum atomic E-state index is -0.318. The molecule has 11 heteroatoms. The Morgan fingerprint density at radius 3 is 2.24 bits per heavy atom. The second-order valence-corrected chi connectivity index (χ2v) is 11.8. The molecule has 9 nitrogen and oxygen atoms in total. The number of anilines is 2. The maximum Gasteiger partial charge on any atom is 0.293 e. The van der Waals surface area contributed by atoms with E-state index in [1.54, 1.807) is 35.3 Å². The van der Waals surface area contributed by atoms with Crippen LogP contribution in [-0.4, -0.2) is 65.0 Å². The Morgan fingerprint density at radius 1 is 1.16 bits per heavy atom. The van der Waals surface area contributed by atoms with Crippen molar-refractivity contribution >= 4 is 46.5 Å². The lowest BCUT2D eigenvalue weighted by molar-refractivity contribution is -0.138. The normalized spacial score (nSPS) is 15.2. The minimum absolute atomic E-state index is 0.318. The molecule has 0 radical (unpaired) electrons. The van der Waals surface area contributed by atoms with Crippen molar-refractivity contribution in [3.63, 3.8) is 0 Å². The number of carbonyl (C=O) groups excluding carboxylic acids is 2. The molecule has 206 valence electrons. The lowest BCUT2D eigenvalue weighted by atomic mass is 10.2. The van der Waals surface area contributed by atoms with E-state index in [0.29, 0.717) is 12.9 Å². The van der Waals surface area contributed by atoms with E-state index in [-0.39, 0.29) is 5.60 Å². The van der Waals surface area contributed by atoms with Crippen LogP contribution in [0.4, 0.5) is 10.9 Å². The zero-order valence-corrected chi connectivity index (χ0v) is 25.0. The highest BCUT2D eigenvalue weighted by molar-refractivity contribution is 7.16. The van der Waals surface area contributed by atoms with E-state index in [9.17, 15) is 4.79 Å². The average Bonchev–Trinajstić information content (AvgIpc) is 3.13. The van der Waals surface area contributed by atoms with Gasteiger partial charge in [0.1, 0.15) is 11.4 Å². The fourth-order valence-corrected chi connectivity index (χ4v) is 4.87. The number of hydrogen-bond donors (Lipinski definition) is 2. The SMILES string of the molecule is CC(C)(C)OC=O.CN1CC=C2C[C@H]21.CNC=O.Cc1ccc(Nc2nc(-c3sc(C)nc3C)cs2)nc1. The number of pyridine rings is 1. The van der Waals surface area contributed by atoms with Gasteiger partial charge in [0.25, 0.3) is 6.47 Å². The molecule has 3 aromatic heterocycles. The van der Waals surface area contributed by atoms with Crippen molar-refractivity contribution in [2.24, 2.45) is 0 Å². The predicted molar refractivity (Wildman–Crippen MR) is 156 cm³/mol. The summed E-state index contributed by atoms with van der Waals surface area (Å²) in [6.45, 7) is 13.2. The third-order valence-electron chi connectivity index (χ3n) is 5.18. The zero-order chi connectivity index (χ0) is 28.3. The molecule has 2 N–H and O–H groups in total. The minimum Gasteiger partial charge on any atom is -0.462 e. The van der Waals surface area contributed by atoms with Crippen LogP contribution in [0.1, 0.15) is 43.5 Å². The van der Waals surface area contributed by atoms with Crippen LogP contribution >= 0.6 is 22.7 Å². The van der Waals surface area contributed by atoms with Gasteiger partial charge in [-0.1, -0.05) is 17.7 Å². The maximum absolute atomic E-state index is 9.60. The summed E-state index contributed by atoms with van der Waals surface area (Å²) in [4.78, 5) is 35.6. The number of thiazole rings is 2. The van der Waals surface area contributed by atoms with Crippen molar-refractivity contribution in [1.29, 1.82) is 0 Å². The van der Waals surface area contributed by atoms with Gasteiger partial charge in [0.15, 0.2) is 5.13 Å². The van der Waals surface area contributed by atoms with Gasteiger partial charge in [-0.3, -0.25) is 14.5 Å². The first kappa shape index (κ1) is 31.1. The molecular weight excluding hydrogens is 520 g/mol. The van der Waals surface area contributed by atoms with Gasteiger partial charge in [-0.25, -0.2) is 15.0 Å². The van der Waals surface area contributed by atoms with Gasteiger partial charge in [0.2, 0.25) is 6.41 Å². The highest BCUT2D eigenvalue weighted by Gasteiger charge is 2.36. The monoisotopic (exact) mass is 558 g/mol. The molecule has 0 spiro atoms. The van der Waals surface area contributed by atoms with Gasteiger partial charge in [0.05, 0.1) is 21.3 Å². The molecule has 38 heavy (non-hydrogen) atoms. The quantitative estimate of drug-likeness (QED) is 0.322. The van der Waals surface area contributed by atoms with Crippen LogP contribution in [0.15, 0.2) is 35.4 Å². The Labute approximate surface area is 233 Å². The Balaban J connectivity index is 0.000000229. The van der Waals surface area contributed by atoms with E-state index in [1.807, 2.05) is 59.9 Å². The zero-order valence-electron chi connectivity index (χ0n) is 23.4. The first-order valence-corrected chi connectivity index (χ1v) is 13.9. The standard InChI is InChI=1S/C14H14N4S2.C6H9N.C5H10O2.C2H5NO/c1-8-4-5-12(15-6-8)18-14-17-11(7-19-14)13-9(2)16-10(3)20-13;1-7-3-2-5-4-6(5)7;1-5(2,3)7-4-6;1-3-2-4/h4-7H,1-3H3,(H,15,17,18);2,6H,3-4H2,1H3;4H,1-3H3;2H,1H3,(H,3,4)/t;6-;;/m.1../s1. The second kappa shape index (κ2) is 14.7. The topological polar surface area (TPSA) is 109 Å². The summed E-state index contributed by atoms with van der Waals surface area (Å²) in [5.74, 6) is 0.814. The molecule has 1 fully saturated rings. The molecule has 4 heterocycles. The third kappa shape index (κ3) is 10.7. The summed E-state index contributed by atoms with van der Waals surface area (Å²) >= 11 is 3.26. The number of aromatic nitrogens is 3. The van der Waals surface area contributed by atoms with Gasteiger partial charge >= 0.3 is 0 Å². The van der Waals surface area contributed by atoms with Gasteiger partial charge in [-0.15, -0.1) is 22.7 Å². The number of hydrogen-bond acceptors (Lipinski definition) is 10. The number of rotatable bonds is 5. The number of nitrogens with one attached hydrogen (secondary N) is 2. The van der Waals surface area contributed by atoms with E-state index >= 15 is 0 Å². The number of aryl methyl sites for hydroxylation is 3. The Bertz CT molecular complexity index is 1200. The largest absolute Gasteiger partial charge is 0.462 e. The highest BCUT2D eigenvalue weighted by Crippen LogP contribution is 2.38. The van der Waals surface area contributed by atoms with E-state index < -0.39 is 0 Å². The number of carbonyl (C=O) groups is 2. The van der Waals surface area contributed by atoms with Crippen LogP contribution in [-0.2, 0) is 14.3 Å². The van der Waals surface area contributed by atoms with E-state index in [1.165, 1.54) is 13.0 Å². The van der Waals surface area contributed by atoms with Crippen LogP contribution in [0.2, 0.25) is 0 Å². The summed E-state index contributed by atoms with van der Waals surface area (Å²) in [7, 11) is 3.74. The lowest BCUT2D eigenvalue weighted by Gasteiger charge is -2.14. The fraction of sp³-hybridized carbons (Fsp3) is 0.444. The molecule has 2 aliphatic rings. The summed E-state index contributed by atoms with van der Waals surface area (Å²) in [6, 6.07) is 4.86. The number of likely N-dealkylation sites (N-methyl/N-ethyl adjacent to an activating group) is 1. The number of fused-ring (bicyclic) bond motifs is 1. The molecule has 0 bridgehead atoms. The molecule has 5 rings (SSSR count). The van der Waals surface area contributed by atoms with Crippen molar-refractivity contribution in [3.8, 4) is 10.6 Å². The van der Waals surface area contributed by atoms with Crippen molar-refractivity contribution < 1.29 is 14.3 Å². The van der Waals surface area contributed by atoms with E-state index in [4.69, 9.17) is 4.79 Å². The van der Waals surface area contributed by atoms with Crippen LogP contribution in [0.5, 0.6) is 0 Å². The van der Waals surface area contributed by atoms with E-state index in [2.05, 4.69) is 53.7 Å². The molecule has 0 aromatic carbocycles. The molecule has 0 unspecified atom stereocenters. The van der Waals surface area contributed by atoms with Gasteiger partial charge in [0, 0.05) is 31.2 Å². The van der Waals surface area contributed by atoms with Crippen molar-refractivity contribution in [3.05, 3.63) is 51.6 Å². The van der Waals surface area contributed by atoms with Crippen LogP contribution in [0.3, 0.4) is 0 Å². The molecule has 0 saturated heterocycles.